The molecular weight excluding hydrogens is 172 g/mol. The molecule has 2 fully saturated rings. The summed E-state index contributed by atoms with van der Waals surface area (Å²) in [5, 5.41) is 3.80. The standard InChI is InChI=1S/C12H24N2/c1-12(2)8-11(9-12)13-10-4-6-14(3)7-5-10/h10-11,13H,4-9H2,1-3H3. The van der Waals surface area contributed by atoms with E-state index in [4.69, 9.17) is 0 Å². The maximum absolute atomic E-state index is 3.80. The zero-order chi connectivity index (χ0) is 10.2. The SMILES string of the molecule is CN1CCC(NC2CC(C)(C)C2)CC1. The molecule has 0 aromatic rings. The molecule has 14 heavy (non-hydrogen) atoms. The summed E-state index contributed by atoms with van der Waals surface area (Å²) < 4.78 is 0. The molecule has 1 aliphatic heterocycles. The lowest BCUT2D eigenvalue weighted by molar-refractivity contribution is 0.103. The van der Waals surface area contributed by atoms with Gasteiger partial charge in [-0.2, -0.15) is 0 Å². The van der Waals surface area contributed by atoms with Gasteiger partial charge >= 0.3 is 0 Å². The van der Waals surface area contributed by atoms with Gasteiger partial charge in [-0.05, 0) is 51.2 Å². The average Bonchev–Trinajstić information content (AvgIpc) is 2.06. The molecule has 1 saturated heterocycles. The number of likely N-dealkylation sites (tertiary alicyclic amines) is 1. The second kappa shape index (κ2) is 3.82. The molecule has 0 atom stereocenters. The topological polar surface area (TPSA) is 15.3 Å². The van der Waals surface area contributed by atoms with E-state index in [1.165, 1.54) is 38.8 Å². The van der Waals surface area contributed by atoms with Gasteiger partial charge in [-0.15, -0.1) is 0 Å². The Hall–Kier alpha value is -0.0800. The molecule has 0 spiro atoms. The van der Waals surface area contributed by atoms with Crippen molar-refractivity contribution in [3.63, 3.8) is 0 Å². The molecule has 0 unspecified atom stereocenters. The number of nitrogens with one attached hydrogen (secondary N) is 1. The third-order valence-electron chi connectivity index (χ3n) is 3.79. The molecular formula is C12H24N2. The summed E-state index contributed by atoms with van der Waals surface area (Å²) in [6, 6.07) is 1.62. The van der Waals surface area contributed by atoms with Gasteiger partial charge in [0.15, 0.2) is 0 Å². The number of piperidine rings is 1. The Morgan fingerprint density at radius 3 is 2.14 bits per heavy atom. The Labute approximate surface area is 88.1 Å². The van der Waals surface area contributed by atoms with Crippen LogP contribution in [0, 0.1) is 5.41 Å². The Morgan fingerprint density at radius 1 is 1.07 bits per heavy atom. The van der Waals surface area contributed by atoms with E-state index >= 15 is 0 Å². The number of nitrogens with zero attached hydrogens (tertiary/aromatic N) is 1. The zero-order valence-electron chi connectivity index (χ0n) is 9.84. The molecule has 1 aliphatic carbocycles. The van der Waals surface area contributed by atoms with Gasteiger partial charge in [0.25, 0.3) is 0 Å². The van der Waals surface area contributed by atoms with Gasteiger partial charge in [-0.3, -0.25) is 0 Å². The van der Waals surface area contributed by atoms with Crippen molar-refractivity contribution in [3.05, 3.63) is 0 Å². The van der Waals surface area contributed by atoms with E-state index < -0.39 is 0 Å². The van der Waals surface area contributed by atoms with Gasteiger partial charge in [0.05, 0.1) is 0 Å². The van der Waals surface area contributed by atoms with E-state index in [1.54, 1.807) is 0 Å². The normalized spacial score (nSPS) is 30.2. The Morgan fingerprint density at radius 2 is 1.64 bits per heavy atom. The molecule has 1 N–H and O–H groups in total. The minimum Gasteiger partial charge on any atom is -0.311 e. The fourth-order valence-corrected chi connectivity index (χ4v) is 2.90. The summed E-state index contributed by atoms with van der Waals surface area (Å²) in [6.07, 6.45) is 5.43. The van der Waals surface area contributed by atoms with E-state index in [9.17, 15) is 0 Å². The molecule has 0 aromatic carbocycles. The van der Waals surface area contributed by atoms with Crippen molar-refractivity contribution in [2.75, 3.05) is 20.1 Å². The van der Waals surface area contributed by atoms with Crippen LogP contribution in [0.5, 0.6) is 0 Å². The zero-order valence-corrected chi connectivity index (χ0v) is 9.84. The fourth-order valence-electron chi connectivity index (χ4n) is 2.90. The highest BCUT2D eigenvalue weighted by atomic mass is 15.1. The summed E-state index contributed by atoms with van der Waals surface area (Å²) in [7, 11) is 2.22. The van der Waals surface area contributed by atoms with Crippen LogP contribution in [0.3, 0.4) is 0 Å². The minimum absolute atomic E-state index is 0.614. The van der Waals surface area contributed by atoms with E-state index in [0.717, 1.165) is 12.1 Å². The summed E-state index contributed by atoms with van der Waals surface area (Å²) in [5.74, 6) is 0. The Bertz CT molecular complexity index is 184. The van der Waals surface area contributed by atoms with Gasteiger partial charge in [0, 0.05) is 12.1 Å². The highest BCUT2D eigenvalue weighted by Gasteiger charge is 2.36. The Kier molecular flexibility index (Phi) is 2.85. The highest BCUT2D eigenvalue weighted by molar-refractivity contribution is 4.93. The van der Waals surface area contributed by atoms with E-state index in [0.29, 0.717) is 5.41 Å². The smallest absolute Gasteiger partial charge is 0.00940 e. The molecule has 0 amide bonds. The average molecular weight is 196 g/mol. The first-order valence-electron chi connectivity index (χ1n) is 6.00. The summed E-state index contributed by atoms with van der Waals surface area (Å²) in [5.41, 5.74) is 0.614. The lowest BCUT2D eigenvalue weighted by atomic mass is 9.68. The molecule has 82 valence electrons. The second-order valence-corrected chi connectivity index (χ2v) is 6.01. The van der Waals surface area contributed by atoms with Gasteiger partial charge in [-0.25, -0.2) is 0 Å². The fraction of sp³-hybridized carbons (Fsp3) is 1.00. The van der Waals surface area contributed by atoms with Crippen LogP contribution < -0.4 is 5.32 Å². The predicted octanol–water partition coefficient (Wildman–Crippen LogP) is 1.86. The van der Waals surface area contributed by atoms with Crippen LogP contribution in [0.25, 0.3) is 0 Å². The van der Waals surface area contributed by atoms with Gasteiger partial charge in [0.1, 0.15) is 0 Å². The van der Waals surface area contributed by atoms with Crippen LogP contribution >= 0.6 is 0 Å². The molecule has 1 heterocycles. The molecule has 0 bridgehead atoms. The predicted molar refractivity (Wildman–Crippen MR) is 60.5 cm³/mol. The van der Waals surface area contributed by atoms with Crippen LogP contribution in [-0.4, -0.2) is 37.1 Å². The van der Waals surface area contributed by atoms with Crippen molar-refractivity contribution in [3.8, 4) is 0 Å². The van der Waals surface area contributed by atoms with Gasteiger partial charge in [-0.1, -0.05) is 13.8 Å². The van der Waals surface area contributed by atoms with E-state index in [-0.39, 0.29) is 0 Å². The first-order chi connectivity index (χ1) is 6.55. The molecule has 2 aliphatic rings. The molecule has 1 saturated carbocycles. The van der Waals surface area contributed by atoms with Crippen LogP contribution in [-0.2, 0) is 0 Å². The van der Waals surface area contributed by atoms with E-state index in [2.05, 4.69) is 31.1 Å². The third kappa shape index (κ3) is 2.48. The summed E-state index contributed by atoms with van der Waals surface area (Å²) in [4.78, 5) is 2.43. The van der Waals surface area contributed by atoms with Crippen molar-refractivity contribution >= 4 is 0 Å². The third-order valence-corrected chi connectivity index (χ3v) is 3.79. The van der Waals surface area contributed by atoms with Gasteiger partial charge in [0.2, 0.25) is 0 Å². The van der Waals surface area contributed by atoms with E-state index in [1.807, 2.05) is 0 Å². The molecule has 0 radical (unpaired) electrons. The van der Waals surface area contributed by atoms with Crippen LogP contribution in [0.15, 0.2) is 0 Å². The van der Waals surface area contributed by atoms with Crippen LogP contribution in [0.1, 0.15) is 39.5 Å². The summed E-state index contributed by atoms with van der Waals surface area (Å²) in [6.45, 7) is 7.29. The number of hydrogen-bond donors (Lipinski definition) is 1. The maximum atomic E-state index is 3.80. The lowest BCUT2D eigenvalue weighted by Crippen LogP contribution is -2.52. The van der Waals surface area contributed by atoms with Crippen molar-refractivity contribution in [2.45, 2.75) is 51.6 Å². The first-order valence-corrected chi connectivity index (χ1v) is 6.00. The quantitative estimate of drug-likeness (QED) is 0.725. The second-order valence-electron chi connectivity index (χ2n) is 6.01. The van der Waals surface area contributed by atoms with Crippen molar-refractivity contribution < 1.29 is 0 Å². The summed E-state index contributed by atoms with van der Waals surface area (Å²) >= 11 is 0. The molecule has 0 aromatic heterocycles. The molecule has 2 nitrogen and oxygen atoms in total. The van der Waals surface area contributed by atoms with Crippen molar-refractivity contribution in [1.82, 2.24) is 10.2 Å². The minimum atomic E-state index is 0.614. The Balaban J connectivity index is 1.67. The maximum Gasteiger partial charge on any atom is 0.00940 e. The largest absolute Gasteiger partial charge is 0.311 e. The molecule has 2 heteroatoms. The number of hydrogen-bond acceptors (Lipinski definition) is 2. The van der Waals surface area contributed by atoms with Gasteiger partial charge < -0.3 is 10.2 Å². The van der Waals surface area contributed by atoms with Crippen LogP contribution in [0.2, 0.25) is 0 Å². The van der Waals surface area contributed by atoms with Crippen molar-refractivity contribution in [1.29, 1.82) is 0 Å². The lowest BCUT2D eigenvalue weighted by Gasteiger charge is -2.45. The number of rotatable bonds is 2. The van der Waals surface area contributed by atoms with Crippen LogP contribution in [0.4, 0.5) is 0 Å². The first kappa shape index (κ1) is 10.4. The monoisotopic (exact) mass is 196 g/mol. The van der Waals surface area contributed by atoms with Crippen molar-refractivity contribution in [2.24, 2.45) is 5.41 Å². The highest BCUT2D eigenvalue weighted by Crippen LogP contribution is 2.40. The molecule has 2 rings (SSSR count).